The molecular formula is C16H23N3O2S. The first kappa shape index (κ1) is 15.7. The smallest absolute Gasteiger partial charge is 0.0862 e. The van der Waals surface area contributed by atoms with E-state index in [0.29, 0.717) is 19.2 Å². The minimum absolute atomic E-state index is 0.303. The summed E-state index contributed by atoms with van der Waals surface area (Å²) in [5.74, 6) is 0. The zero-order chi connectivity index (χ0) is 15.2. The van der Waals surface area contributed by atoms with Crippen molar-refractivity contribution in [2.24, 2.45) is 0 Å². The van der Waals surface area contributed by atoms with Crippen LogP contribution < -0.4 is 0 Å². The van der Waals surface area contributed by atoms with Crippen molar-refractivity contribution in [2.75, 3.05) is 19.7 Å². The van der Waals surface area contributed by atoms with E-state index < -0.39 is 6.10 Å². The van der Waals surface area contributed by atoms with Crippen LogP contribution in [0, 0.1) is 0 Å². The van der Waals surface area contributed by atoms with Gasteiger partial charge in [0.25, 0.3) is 0 Å². The van der Waals surface area contributed by atoms with E-state index >= 15 is 0 Å². The Morgan fingerprint density at radius 1 is 1.50 bits per heavy atom. The van der Waals surface area contributed by atoms with E-state index in [1.165, 1.54) is 4.88 Å². The molecular weight excluding hydrogens is 298 g/mol. The maximum Gasteiger partial charge on any atom is 0.0862 e. The van der Waals surface area contributed by atoms with Crippen LogP contribution in [0.25, 0.3) is 0 Å². The van der Waals surface area contributed by atoms with Gasteiger partial charge in [0.05, 0.1) is 18.8 Å². The van der Waals surface area contributed by atoms with Gasteiger partial charge < -0.3 is 9.84 Å². The highest BCUT2D eigenvalue weighted by Crippen LogP contribution is 2.17. The van der Waals surface area contributed by atoms with Crippen LogP contribution in [0.5, 0.6) is 0 Å². The van der Waals surface area contributed by atoms with Crippen LogP contribution in [-0.2, 0) is 17.8 Å². The van der Waals surface area contributed by atoms with Gasteiger partial charge in [0.15, 0.2) is 0 Å². The van der Waals surface area contributed by atoms with Crippen LogP contribution in [-0.4, -0.2) is 51.7 Å². The fourth-order valence-corrected chi connectivity index (χ4v) is 3.63. The lowest BCUT2D eigenvalue weighted by molar-refractivity contribution is 0.0414. The minimum Gasteiger partial charge on any atom is -0.390 e. The highest BCUT2D eigenvalue weighted by atomic mass is 32.1. The third-order valence-corrected chi connectivity index (χ3v) is 4.73. The molecule has 1 saturated heterocycles. The maximum absolute atomic E-state index is 10.4. The van der Waals surface area contributed by atoms with E-state index in [-0.39, 0.29) is 0 Å². The number of ether oxygens (including phenoxy) is 1. The fourth-order valence-electron chi connectivity index (χ4n) is 2.88. The Morgan fingerprint density at radius 3 is 3.14 bits per heavy atom. The summed E-state index contributed by atoms with van der Waals surface area (Å²) in [6, 6.07) is 6.10. The summed E-state index contributed by atoms with van der Waals surface area (Å²) < 4.78 is 7.53. The molecule has 120 valence electrons. The molecule has 0 radical (unpaired) electrons. The summed E-state index contributed by atoms with van der Waals surface area (Å²) in [5, 5.41) is 16.6. The molecule has 2 aromatic heterocycles. The van der Waals surface area contributed by atoms with Gasteiger partial charge in [0, 0.05) is 43.5 Å². The van der Waals surface area contributed by atoms with Crippen LogP contribution in [0.4, 0.5) is 0 Å². The number of nitrogens with zero attached hydrogens (tertiary/aromatic N) is 3. The molecule has 0 aromatic carbocycles. The van der Waals surface area contributed by atoms with Crippen molar-refractivity contribution in [3.8, 4) is 0 Å². The average Bonchev–Trinajstić information content (AvgIpc) is 3.20. The molecule has 0 aliphatic carbocycles. The van der Waals surface area contributed by atoms with E-state index in [2.05, 4.69) is 27.5 Å². The fraction of sp³-hybridized carbons (Fsp3) is 0.562. The summed E-state index contributed by atoms with van der Waals surface area (Å²) in [7, 11) is 0. The Bertz CT molecular complexity index is 524. The molecule has 1 N–H and O–H groups in total. The summed E-state index contributed by atoms with van der Waals surface area (Å²) in [6.07, 6.45) is 5.76. The zero-order valence-electron chi connectivity index (χ0n) is 12.7. The predicted octanol–water partition coefficient (Wildman–Crippen LogP) is 1.99. The van der Waals surface area contributed by atoms with Crippen LogP contribution in [0.2, 0.25) is 0 Å². The molecule has 22 heavy (non-hydrogen) atoms. The summed E-state index contributed by atoms with van der Waals surface area (Å²) in [6.45, 7) is 3.78. The molecule has 3 rings (SSSR count). The Labute approximate surface area is 135 Å². The highest BCUT2D eigenvalue weighted by molar-refractivity contribution is 7.09. The van der Waals surface area contributed by atoms with E-state index in [1.807, 2.05) is 12.3 Å². The van der Waals surface area contributed by atoms with E-state index in [4.69, 9.17) is 4.74 Å². The van der Waals surface area contributed by atoms with Crippen molar-refractivity contribution in [3.05, 3.63) is 40.8 Å². The van der Waals surface area contributed by atoms with Gasteiger partial charge in [-0.25, -0.2) is 0 Å². The van der Waals surface area contributed by atoms with Gasteiger partial charge >= 0.3 is 0 Å². The van der Waals surface area contributed by atoms with Crippen LogP contribution in [0.1, 0.15) is 17.7 Å². The van der Waals surface area contributed by atoms with E-state index in [0.717, 1.165) is 32.5 Å². The van der Waals surface area contributed by atoms with Gasteiger partial charge in [-0.15, -0.1) is 11.3 Å². The number of aromatic nitrogens is 2. The van der Waals surface area contributed by atoms with Crippen molar-refractivity contribution in [1.82, 2.24) is 14.7 Å². The molecule has 0 bridgehead atoms. The largest absolute Gasteiger partial charge is 0.390 e. The second kappa shape index (κ2) is 7.87. The van der Waals surface area contributed by atoms with Crippen LogP contribution in [0.3, 0.4) is 0 Å². The van der Waals surface area contributed by atoms with Gasteiger partial charge in [-0.3, -0.25) is 9.58 Å². The number of hydrogen-bond donors (Lipinski definition) is 1. The van der Waals surface area contributed by atoms with E-state index in [9.17, 15) is 5.11 Å². The molecule has 1 fully saturated rings. The van der Waals surface area contributed by atoms with Gasteiger partial charge in [-0.2, -0.15) is 5.10 Å². The van der Waals surface area contributed by atoms with Gasteiger partial charge in [-0.1, -0.05) is 6.07 Å². The third-order valence-electron chi connectivity index (χ3n) is 3.87. The van der Waals surface area contributed by atoms with Gasteiger partial charge in [0.1, 0.15) is 0 Å². The van der Waals surface area contributed by atoms with Crippen molar-refractivity contribution in [2.45, 2.75) is 38.1 Å². The quantitative estimate of drug-likeness (QED) is 0.808. The number of hydrogen-bond acceptors (Lipinski definition) is 5. The third kappa shape index (κ3) is 4.64. The minimum atomic E-state index is -0.429. The average molecular weight is 321 g/mol. The monoisotopic (exact) mass is 321 g/mol. The van der Waals surface area contributed by atoms with Gasteiger partial charge in [0.2, 0.25) is 0 Å². The molecule has 0 unspecified atom stereocenters. The predicted molar refractivity (Wildman–Crippen MR) is 86.8 cm³/mol. The number of aliphatic hydroxyl groups is 1. The summed E-state index contributed by atoms with van der Waals surface area (Å²) in [5.41, 5.74) is 0. The lowest BCUT2D eigenvalue weighted by Gasteiger charge is -2.27. The molecule has 0 spiro atoms. The normalized spacial score (nSPS) is 19.8. The Morgan fingerprint density at radius 2 is 2.45 bits per heavy atom. The van der Waals surface area contributed by atoms with Crippen LogP contribution >= 0.6 is 11.3 Å². The van der Waals surface area contributed by atoms with Crippen LogP contribution in [0.15, 0.2) is 36.0 Å². The lowest BCUT2D eigenvalue weighted by atomic mass is 10.2. The maximum atomic E-state index is 10.4. The molecule has 0 saturated carbocycles. The molecule has 2 aromatic rings. The molecule has 0 amide bonds. The second-order valence-corrected chi connectivity index (χ2v) is 6.82. The number of thiophene rings is 1. The molecule has 6 heteroatoms. The second-order valence-electron chi connectivity index (χ2n) is 5.79. The topological polar surface area (TPSA) is 50.5 Å². The van der Waals surface area contributed by atoms with Gasteiger partial charge in [-0.05, 0) is 30.4 Å². The Balaban J connectivity index is 1.56. The Hall–Kier alpha value is -1.21. The van der Waals surface area contributed by atoms with Crippen molar-refractivity contribution in [3.63, 3.8) is 0 Å². The number of rotatable bonds is 8. The number of aliphatic hydroxyl groups excluding tert-OH is 1. The molecule has 5 nitrogen and oxygen atoms in total. The molecule has 2 atom stereocenters. The summed E-state index contributed by atoms with van der Waals surface area (Å²) >= 11 is 1.76. The first-order chi connectivity index (χ1) is 10.8. The van der Waals surface area contributed by atoms with Crippen molar-refractivity contribution < 1.29 is 9.84 Å². The first-order valence-corrected chi connectivity index (χ1v) is 8.69. The highest BCUT2D eigenvalue weighted by Gasteiger charge is 2.21. The Kier molecular flexibility index (Phi) is 5.61. The zero-order valence-corrected chi connectivity index (χ0v) is 13.5. The molecule has 1 aliphatic rings. The SMILES string of the molecule is O[C@@H](CN(Cc1cccs1)C[C@@H]1CCCO1)Cn1cccn1. The van der Waals surface area contributed by atoms with E-state index in [1.54, 1.807) is 22.2 Å². The summed E-state index contributed by atoms with van der Waals surface area (Å²) in [4.78, 5) is 3.62. The lowest BCUT2D eigenvalue weighted by Crippen LogP contribution is -2.38. The molecule has 1 aliphatic heterocycles. The first-order valence-electron chi connectivity index (χ1n) is 7.81. The molecule has 3 heterocycles. The van der Waals surface area contributed by atoms with Crippen molar-refractivity contribution >= 4 is 11.3 Å². The standard InChI is InChI=1S/C16H23N3O2S/c20-14(11-19-7-3-6-17-19)10-18(12-15-4-1-8-21-15)13-16-5-2-9-22-16/h2-3,5-7,9,14-15,20H,1,4,8,10-13H2/t14-,15-/m0/s1. The van der Waals surface area contributed by atoms with Crippen molar-refractivity contribution in [1.29, 1.82) is 0 Å².